The fourth-order valence-corrected chi connectivity index (χ4v) is 0. The van der Waals surface area contributed by atoms with E-state index in [1.54, 1.807) is 0 Å². The van der Waals surface area contributed by atoms with Crippen LogP contribution in [0.5, 0.6) is 0 Å². The van der Waals surface area contributed by atoms with Crippen LogP contribution < -0.4 is 0 Å². The second-order valence-corrected chi connectivity index (χ2v) is 16.6. The summed E-state index contributed by atoms with van der Waals surface area (Å²) in [5.41, 5.74) is 0. The zero-order valence-corrected chi connectivity index (χ0v) is 10.6. The SMILES string of the molecule is [SiH3][N+]([SiH3])([SiH3])Cl. The van der Waals surface area contributed by atoms with Gasteiger partial charge in [0.15, 0.2) is 0 Å². The Labute approximate surface area is 46.5 Å². The van der Waals surface area contributed by atoms with Crippen LogP contribution in [0, 0.1) is 0 Å². The Morgan fingerprint density at radius 1 is 1.20 bits per heavy atom. The van der Waals surface area contributed by atoms with Crippen molar-refractivity contribution in [2.24, 2.45) is 0 Å². The number of hydrogen-bond acceptors (Lipinski definition) is 0. The molecule has 0 saturated heterocycles. The molecule has 0 atom stereocenters. The van der Waals surface area contributed by atoms with Crippen molar-refractivity contribution < 1.29 is 3.00 Å². The molecule has 0 rings (SSSR count). The summed E-state index contributed by atoms with van der Waals surface area (Å²) in [5.74, 6) is 0. The molecule has 0 unspecified atom stereocenters. The van der Waals surface area contributed by atoms with Crippen LogP contribution in [-0.2, 0) is 0 Å². The van der Waals surface area contributed by atoms with E-state index in [-0.39, 0.29) is 0 Å². The van der Waals surface area contributed by atoms with E-state index in [0.717, 1.165) is 34.2 Å². The number of halogens is 1. The van der Waals surface area contributed by atoms with Crippen LogP contribution in [0.3, 0.4) is 0 Å². The average molecular weight is 143 g/mol. The van der Waals surface area contributed by atoms with Crippen LogP contribution in [0.4, 0.5) is 0 Å². The van der Waals surface area contributed by atoms with Gasteiger partial charge in [-0.15, -0.1) is 0 Å². The minimum Gasteiger partial charge on any atom is -0.422 e. The molecule has 0 bridgehead atoms. The molecule has 0 aliphatic heterocycles. The first-order valence-electron chi connectivity index (χ1n) is 1.51. The highest BCUT2D eigenvalue weighted by atomic mass is 35.5. The van der Waals surface area contributed by atoms with Crippen LogP contribution in [0.25, 0.3) is 0 Å². The Morgan fingerprint density at radius 3 is 1.20 bits per heavy atom. The summed E-state index contributed by atoms with van der Waals surface area (Å²) >= 11 is 5.65. The zero-order chi connectivity index (χ0) is 4.50. The minimum absolute atomic E-state index is 0.889. The third kappa shape index (κ3) is 50.8. The molecule has 0 heterocycles. The lowest BCUT2D eigenvalue weighted by Crippen LogP contribution is -2.27. The molecule has 5 heteroatoms. The van der Waals surface area contributed by atoms with Crippen molar-refractivity contribution in [1.29, 1.82) is 0 Å². The van der Waals surface area contributed by atoms with Crippen molar-refractivity contribution in [2.45, 2.75) is 0 Å². The number of hydrogen-bond donors (Lipinski definition) is 0. The van der Waals surface area contributed by atoms with Gasteiger partial charge in [0.25, 0.3) is 0 Å². The molecule has 0 fully saturated rings. The fourth-order valence-electron chi connectivity index (χ4n) is 0. The molecule has 32 valence electrons. The van der Waals surface area contributed by atoms with Crippen LogP contribution in [-0.4, -0.2) is 34.2 Å². The topological polar surface area (TPSA) is 0 Å². The minimum atomic E-state index is 0.889. The van der Waals surface area contributed by atoms with Crippen LogP contribution in [0.2, 0.25) is 0 Å². The van der Waals surface area contributed by atoms with E-state index in [4.69, 9.17) is 11.8 Å². The molecule has 0 saturated carbocycles. The Morgan fingerprint density at radius 2 is 1.20 bits per heavy atom. The first-order chi connectivity index (χ1) is 2.00. The number of quaternary nitrogens is 1. The highest BCUT2D eigenvalue weighted by Gasteiger charge is 1.91. The molecule has 1 nitrogen and oxygen atoms in total. The van der Waals surface area contributed by atoms with Crippen molar-refractivity contribution in [2.75, 3.05) is 0 Å². The maximum atomic E-state index is 5.65. The van der Waals surface area contributed by atoms with Gasteiger partial charge in [-0.05, 0) is 0 Å². The molecule has 0 aromatic rings. The Kier molecular flexibility index (Phi) is 1.85. The van der Waals surface area contributed by atoms with Crippen LogP contribution in [0.1, 0.15) is 0 Å². The quantitative estimate of drug-likeness (QED) is 0.247. The van der Waals surface area contributed by atoms with E-state index in [0.29, 0.717) is 0 Å². The Balaban J connectivity index is 3.02. The van der Waals surface area contributed by atoms with Crippen LogP contribution in [0.15, 0.2) is 0 Å². The highest BCUT2D eigenvalue weighted by molar-refractivity contribution is 6.43. The van der Waals surface area contributed by atoms with Crippen molar-refractivity contribution in [1.82, 2.24) is 0 Å². The lowest BCUT2D eigenvalue weighted by Gasteiger charge is -2.14. The van der Waals surface area contributed by atoms with E-state index < -0.39 is 0 Å². The van der Waals surface area contributed by atoms with E-state index >= 15 is 0 Å². The van der Waals surface area contributed by atoms with Gasteiger partial charge in [-0.3, -0.25) is 0 Å². The molecule has 0 amide bonds. The van der Waals surface area contributed by atoms with E-state index in [1.165, 1.54) is 0 Å². The summed E-state index contributed by atoms with van der Waals surface area (Å²) in [4.78, 5) is 0. The van der Waals surface area contributed by atoms with Crippen molar-refractivity contribution in [3.8, 4) is 0 Å². The van der Waals surface area contributed by atoms with E-state index in [9.17, 15) is 0 Å². The summed E-state index contributed by atoms with van der Waals surface area (Å²) in [6, 6.07) is 0. The molecule has 0 spiro atoms. The standard InChI is InChI=1S/ClH9NSi3/c1-2(3,4)5/h3-5H3/q+1. The van der Waals surface area contributed by atoms with Crippen LogP contribution >= 0.6 is 11.8 Å². The summed E-state index contributed by atoms with van der Waals surface area (Å²) < 4.78 is 0.889. The maximum Gasteiger partial charge on any atom is 0.221 e. The van der Waals surface area contributed by atoms with Gasteiger partial charge in [-0.1, -0.05) is 0 Å². The van der Waals surface area contributed by atoms with Gasteiger partial charge < -0.3 is 3.00 Å². The van der Waals surface area contributed by atoms with E-state index in [2.05, 4.69) is 0 Å². The molecule has 0 radical (unpaired) electrons. The summed E-state index contributed by atoms with van der Waals surface area (Å²) in [6.07, 6.45) is 0. The smallest absolute Gasteiger partial charge is 0.221 e. The van der Waals surface area contributed by atoms with Crippen molar-refractivity contribution >= 4 is 43.0 Å². The molecule has 0 aromatic carbocycles. The maximum absolute atomic E-state index is 5.65. The summed E-state index contributed by atoms with van der Waals surface area (Å²) in [5, 5.41) is 0. The monoisotopic (exact) mass is 142 g/mol. The molecule has 5 heavy (non-hydrogen) atoms. The van der Waals surface area contributed by atoms with Gasteiger partial charge in [0, 0.05) is 0 Å². The molecule has 0 aliphatic carbocycles. The van der Waals surface area contributed by atoms with Gasteiger partial charge in [0.1, 0.15) is 11.8 Å². The summed E-state index contributed by atoms with van der Waals surface area (Å²) in [7, 11) is 3.40. The second-order valence-electron chi connectivity index (χ2n) is 1.85. The Bertz CT molecular complexity index is 22.4. The van der Waals surface area contributed by atoms with Gasteiger partial charge >= 0.3 is 0 Å². The van der Waals surface area contributed by atoms with Gasteiger partial charge in [0.05, 0.1) is 0 Å². The third-order valence-electron chi connectivity index (χ3n) is 0. The molecular formula is H9ClNSi3+. The molecular weight excluding hydrogens is 134 g/mol. The van der Waals surface area contributed by atoms with Crippen molar-refractivity contribution in [3.63, 3.8) is 0 Å². The molecule has 0 N–H and O–H groups in total. The molecule has 0 aliphatic rings. The summed E-state index contributed by atoms with van der Waals surface area (Å²) in [6.45, 7) is 0. The fraction of sp³-hybridized carbons (Fsp3) is 0. The Hall–Kier alpha value is 0.901. The van der Waals surface area contributed by atoms with Gasteiger partial charge in [0.2, 0.25) is 31.2 Å². The highest BCUT2D eigenvalue weighted by Crippen LogP contribution is 1.86. The zero-order valence-electron chi connectivity index (χ0n) is 3.83. The lowest BCUT2D eigenvalue weighted by molar-refractivity contribution is -0.388. The predicted octanol–water partition coefficient (Wildman–Crippen LogP) is -3.20. The van der Waals surface area contributed by atoms with Gasteiger partial charge in [-0.25, -0.2) is 0 Å². The predicted molar refractivity (Wildman–Crippen MR) is 35.9 cm³/mol. The largest absolute Gasteiger partial charge is 0.422 e. The first kappa shape index (κ1) is 5.90. The number of rotatable bonds is 0. The molecule has 0 aromatic heterocycles. The van der Waals surface area contributed by atoms with E-state index in [1.807, 2.05) is 0 Å². The average Bonchev–Trinajstić information content (AvgIpc) is 0.722. The second kappa shape index (κ2) is 1.57. The lowest BCUT2D eigenvalue weighted by atomic mass is 13.8. The van der Waals surface area contributed by atoms with Gasteiger partial charge in [-0.2, -0.15) is 0 Å². The normalized spacial score (nSPS) is 23.4. The van der Waals surface area contributed by atoms with Crippen molar-refractivity contribution in [3.05, 3.63) is 0 Å². The first-order valence-corrected chi connectivity index (χ1v) is 4.53. The third-order valence-corrected chi connectivity index (χ3v) is 0. The number of nitrogens with zero attached hydrogens (tertiary/aromatic N) is 1.